The second-order valence-electron chi connectivity index (χ2n) is 6.11. The molecule has 26 heavy (non-hydrogen) atoms. The molecule has 1 heterocycles. The van der Waals surface area contributed by atoms with Crippen LogP contribution in [0.3, 0.4) is 0 Å². The summed E-state index contributed by atoms with van der Waals surface area (Å²) in [6.07, 6.45) is 0.566. The van der Waals surface area contributed by atoms with Crippen LogP contribution in [0.4, 0.5) is 11.4 Å². The van der Waals surface area contributed by atoms with Crippen molar-refractivity contribution in [1.29, 1.82) is 0 Å². The molecule has 1 N–H and O–H groups in total. The fourth-order valence-electron chi connectivity index (χ4n) is 2.85. The molecule has 0 bridgehead atoms. The Bertz CT molecular complexity index is 851. The molecule has 1 aliphatic heterocycles. The van der Waals surface area contributed by atoms with Crippen LogP contribution in [0.2, 0.25) is 0 Å². The molecule has 1 aliphatic rings. The molecule has 0 saturated carbocycles. The number of para-hydroxylation sites is 1. The van der Waals surface area contributed by atoms with Gasteiger partial charge in [-0.3, -0.25) is 9.10 Å². The number of benzene rings is 2. The van der Waals surface area contributed by atoms with Gasteiger partial charge < -0.3 is 10.1 Å². The molecule has 1 fully saturated rings. The molecule has 1 saturated heterocycles. The van der Waals surface area contributed by atoms with Gasteiger partial charge in [0.15, 0.2) is 6.10 Å². The van der Waals surface area contributed by atoms with Crippen LogP contribution in [0.1, 0.15) is 19.8 Å². The van der Waals surface area contributed by atoms with Crippen LogP contribution in [0, 0.1) is 0 Å². The van der Waals surface area contributed by atoms with E-state index >= 15 is 0 Å². The van der Waals surface area contributed by atoms with E-state index in [0.29, 0.717) is 36.5 Å². The van der Waals surface area contributed by atoms with Gasteiger partial charge in [0.05, 0.1) is 11.4 Å². The summed E-state index contributed by atoms with van der Waals surface area (Å²) in [4.78, 5) is 12.4. The second-order valence-corrected chi connectivity index (χ2v) is 8.12. The minimum atomic E-state index is -3.20. The summed E-state index contributed by atoms with van der Waals surface area (Å²) in [7, 11) is -3.20. The molecule has 0 aromatic heterocycles. The third-order valence-electron chi connectivity index (χ3n) is 4.21. The molecule has 138 valence electrons. The third kappa shape index (κ3) is 4.16. The fourth-order valence-corrected chi connectivity index (χ4v) is 4.41. The number of carbonyl (C=O) groups is 1. The molecule has 0 spiro atoms. The lowest BCUT2D eigenvalue weighted by atomic mass is 10.2. The van der Waals surface area contributed by atoms with Crippen molar-refractivity contribution in [2.75, 3.05) is 21.9 Å². The number of anilines is 2. The van der Waals surface area contributed by atoms with Gasteiger partial charge in [-0.15, -0.1) is 0 Å². The molecular weight excluding hydrogens is 352 g/mol. The first-order valence-electron chi connectivity index (χ1n) is 8.62. The molecule has 2 aromatic carbocycles. The van der Waals surface area contributed by atoms with Crippen LogP contribution in [-0.2, 0) is 14.8 Å². The third-order valence-corrected chi connectivity index (χ3v) is 6.08. The molecular formula is C19H22N2O4S. The van der Waals surface area contributed by atoms with Crippen LogP contribution < -0.4 is 14.4 Å². The fraction of sp³-hybridized carbons (Fsp3) is 0.316. The van der Waals surface area contributed by atoms with E-state index in [4.69, 9.17) is 4.74 Å². The maximum Gasteiger partial charge on any atom is 0.265 e. The van der Waals surface area contributed by atoms with Gasteiger partial charge >= 0.3 is 0 Å². The Labute approximate surface area is 153 Å². The summed E-state index contributed by atoms with van der Waals surface area (Å²) in [5.74, 6) is 0.586. The van der Waals surface area contributed by atoms with Crippen LogP contribution in [0.5, 0.6) is 5.75 Å². The van der Waals surface area contributed by atoms with Gasteiger partial charge in [0.1, 0.15) is 5.75 Å². The molecule has 1 atom stereocenters. The van der Waals surface area contributed by atoms with Crippen LogP contribution in [0.25, 0.3) is 0 Å². The molecule has 3 rings (SSSR count). The Balaban J connectivity index is 1.65. The molecule has 0 radical (unpaired) electrons. The van der Waals surface area contributed by atoms with E-state index in [-0.39, 0.29) is 11.7 Å². The zero-order chi connectivity index (χ0) is 18.6. The number of hydrogen-bond donors (Lipinski definition) is 1. The van der Waals surface area contributed by atoms with E-state index in [1.54, 1.807) is 36.4 Å². The SMILES string of the molecule is CCC(Oc1ccccc1)C(=O)Nc1ccc(N2CCCS2(=O)=O)cc1. The first kappa shape index (κ1) is 18.3. The predicted octanol–water partition coefficient (Wildman–Crippen LogP) is 3.02. The van der Waals surface area contributed by atoms with E-state index in [2.05, 4.69) is 5.32 Å². The maximum atomic E-state index is 12.4. The average molecular weight is 374 g/mol. The van der Waals surface area contributed by atoms with Crippen molar-refractivity contribution in [3.8, 4) is 5.75 Å². The summed E-state index contributed by atoms with van der Waals surface area (Å²) >= 11 is 0. The van der Waals surface area contributed by atoms with Crippen molar-refractivity contribution in [2.45, 2.75) is 25.9 Å². The van der Waals surface area contributed by atoms with Crippen molar-refractivity contribution in [1.82, 2.24) is 0 Å². The van der Waals surface area contributed by atoms with Crippen molar-refractivity contribution < 1.29 is 17.9 Å². The number of ether oxygens (including phenoxy) is 1. The number of sulfonamides is 1. The molecule has 7 heteroatoms. The number of amides is 1. The van der Waals surface area contributed by atoms with Gasteiger partial charge in [-0.1, -0.05) is 25.1 Å². The number of nitrogens with one attached hydrogen (secondary N) is 1. The van der Waals surface area contributed by atoms with Crippen molar-refractivity contribution in [2.24, 2.45) is 0 Å². The maximum absolute atomic E-state index is 12.4. The highest BCUT2D eigenvalue weighted by Gasteiger charge is 2.28. The molecule has 0 aliphatic carbocycles. The van der Waals surface area contributed by atoms with Gasteiger partial charge in [0.25, 0.3) is 5.91 Å². The minimum absolute atomic E-state index is 0.181. The number of nitrogens with zero attached hydrogens (tertiary/aromatic N) is 1. The summed E-state index contributed by atoms with van der Waals surface area (Å²) < 4.78 is 31.1. The lowest BCUT2D eigenvalue weighted by Gasteiger charge is -2.19. The first-order chi connectivity index (χ1) is 12.5. The zero-order valence-corrected chi connectivity index (χ0v) is 15.4. The Morgan fingerprint density at radius 2 is 1.85 bits per heavy atom. The lowest BCUT2D eigenvalue weighted by molar-refractivity contribution is -0.122. The molecule has 6 nitrogen and oxygen atoms in total. The summed E-state index contributed by atoms with van der Waals surface area (Å²) in [6, 6.07) is 16.0. The number of hydrogen-bond acceptors (Lipinski definition) is 4. The summed E-state index contributed by atoms with van der Waals surface area (Å²) in [5.41, 5.74) is 1.22. The van der Waals surface area contributed by atoms with E-state index in [0.717, 1.165) is 0 Å². The van der Waals surface area contributed by atoms with Crippen molar-refractivity contribution in [3.63, 3.8) is 0 Å². The minimum Gasteiger partial charge on any atom is -0.481 e. The number of rotatable bonds is 6. The standard InChI is InChI=1S/C19H22N2O4S/c1-2-18(25-17-7-4-3-5-8-17)19(22)20-15-9-11-16(12-10-15)21-13-6-14-26(21,23)24/h3-5,7-12,18H,2,6,13-14H2,1H3,(H,20,22). The van der Waals surface area contributed by atoms with E-state index in [1.807, 2.05) is 25.1 Å². The van der Waals surface area contributed by atoms with Gasteiger partial charge in [-0.25, -0.2) is 8.42 Å². The molecule has 2 aromatic rings. The average Bonchev–Trinajstić information content (AvgIpc) is 3.00. The first-order valence-corrected chi connectivity index (χ1v) is 10.2. The summed E-state index contributed by atoms with van der Waals surface area (Å²) in [6.45, 7) is 2.38. The van der Waals surface area contributed by atoms with Gasteiger partial charge in [0.2, 0.25) is 10.0 Å². The highest BCUT2D eigenvalue weighted by atomic mass is 32.2. The molecule has 1 amide bonds. The van der Waals surface area contributed by atoms with Crippen LogP contribution in [0.15, 0.2) is 54.6 Å². The Kier molecular flexibility index (Phi) is 5.46. The van der Waals surface area contributed by atoms with Gasteiger partial charge in [-0.2, -0.15) is 0 Å². The van der Waals surface area contributed by atoms with Gasteiger partial charge in [0, 0.05) is 12.2 Å². The largest absolute Gasteiger partial charge is 0.481 e. The number of carbonyl (C=O) groups excluding carboxylic acids is 1. The highest BCUT2D eigenvalue weighted by Crippen LogP contribution is 2.25. The predicted molar refractivity (Wildman–Crippen MR) is 102 cm³/mol. The van der Waals surface area contributed by atoms with Crippen LogP contribution in [-0.4, -0.2) is 32.7 Å². The van der Waals surface area contributed by atoms with E-state index < -0.39 is 16.1 Å². The normalized spacial score (nSPS) is 16.9. The Morgan fingerprint density at radius 3 is 2.42 bits per heavy atom. The monoisotopic (exact) mass is 374 g/mol. The zero-order valence-electron chi connectivity index (χ0n) is 14.6. The van der Waals surface area contributed by atoms with Crippen molar-refractivity contribution >= 4 is 27.3 Å². The summed E-state index contributed by atoms with van der Waals surface area (Å²) in [5, 5.41) is 2.82. The van der Waals surface area contributed by atoms with E-state index in [1.165, 1.54) is 4.31 Å². The Morgan fingerprint density at radius 1 is 1.15 bits per heavy atom. The highest BCUT2D eigenvalue weighted by molar-refractivity contribution is 7.93. The second kappa shape index (κ2) is 7.78. The Hall–Kier alpha value is -2.54. The lowest BCUT2D eigenvalue weighted by Crippen LogP contribution is -2.32. The molecule has 1 unspecified atom stereocenters. The van der Waals surface area contributed by atoms with E-state index in [9.17, 15) is 13.2 Å². The van der Waals surface area contributed by atoms with Crippen LogP contribution >= 0.6 is 0 Å². The quantitative estimate of drug-likeness (QED) is 0.843. The van der Waals surface area contributed by atoms with Gasteiger partial charge in [-0.05, 0) is 49.2 Å². The van der Waals surface area contributed by atoms with Crippen molar-refractivity contribution in [3.05, 3.63) is 54.6 Å². The topological polar surface area (TPSA) is 75.7 Å². The smallest absolute Gasteiger partial charge is 0.265 e.